The molecule has 8 heteroatoms. The molecule has 3 aromatic heterocycles. The summed E-state index contributed by atoms with van der Waals surface area (Å²) in [6, 6.07) is 17.4. The highest BCUT2D eigenvalue weighted by Crippen LogP contribution is 2.34. The monoisotopic (exact) mass is 457 g/mol. The minimum absolute atomic E-state index is 0.0832. The van der Waals surface area contributed by atoms with Gasteiger partial charge in [-0.2, -0.15) is 4.98 Å². The van der Waals surface area contributed by atoms with Gasteiger partial charge >= 0.3 is 6.09 Å². The van der Waals surface area contributed by atoms with E-state index in [-0.39, 0.29) is 12.6 Å². The highest BCUT2D eigenvalue weighted by atomic mass is 32.1. The van der Waals surface area contributed by atoms with Gasteiger partial charge in [0, 0.05) is 29.3 Å². The van der Waals surface area contributed by atoms with Gasteiger partial charge in [0.1, 0.15) is 11.3 Å². The first-order valence-corrected chi connectivity index (χ1v) is 11.4. The second-order valence-corrected chi connectivity index (χ2v) is 9.06. The Balaban J connectivity index is 1.23. The molecule has 164 valence electrons. The van der Waals surface area contributed by atoms with E-state index in [0.29, 0.717) is 22.2 Å². The second-order valence-electron chi connectivity index (χ2n) is 8.07. The maximum atomic E-state index is 12.1. The Hall–Kier alpha value is -3.91. The second kappa shape index (κ2) is 7.90. The lowest BCUT2D eigenvalue weighted by Crippen LogP contribution is -2.39. The number of nitrogens with zero attached hydrogens (tertiary/aromatic N) is 3. The number of carboxylic acid groups (broad SMARTS) is 1. The first-order chi connectivity index (χ1) is 16.1. The van der Waals surface area contributed by atoms with Crippen molar-refractivity contribution in [1.29, 1.82) is 0 Å². The van der Waals surface area contributed by atoms with Gasteiger partial charge in [0.05, 0.1) is 17.5 Å². The SMILES string of the molecule is O=C(O)N(Cc1coc2cc(Oc3nc4ncccc4s3)ccc12)C1Cc2ccccc2C1. The fourth-order valence-electron chi connectivity index (χ4n) is 4.44. The predicted octanol–water partition coefficient (Wildman–Crippen LogP) is 5.88. The van der Waals surface area contributed by atoms with Crippen molar-refractivity contribution < 1.29 is 19.1 Å². The first-order valence-electron chi connectivity index (χ1n) is 10.6. The zero-order chi connectivity index (χ0) is 22.4. The Kier molecular flexibility index (Phi) is 4.73. The standard InChI is InChI=1S/C25H19N3O4S/c29-25(30)28(18-10-15-4-1-2-5-16(15)11-18)13-17-14-31-21-12-19(7-8-20(17)21)32-24-27-23-22(33-24)6-3-9-26-23/h1-9,12,14,18H,10-11,13H2,(H,29,30). The van der Waals surface area contributed by atoms with Crippen LogP contribution in [0.1, 0.15) is 16.7 Å². The molecule has 1 aliphatic carbocycles. The number of carbonyl (C=O) groups is 1. The largest absolute Gasteiger partial charge is 0.465 e. The number of hydrogen-bond acceptors (Lipinski definition) is 6. The quantitative estimate of drug-likeness (QED) is 0.355. The van der Waals surface area contributed by atoms with Gasteiger partial charge in [-0.25, -0.2) is 9.78 Å². The van der Waals surface area contributed by atoms with Crippen LogP contribution in [0.3, 0.4) is 0 Å². The molecule has 0 fully saturated rings. The maximum absolute atomic E-state index is 12.1. The highest BCUT2D eigenvalue weighted by Gasteiger charge is 2.30. The van der Waals surface area contributed by atoms with Gasteiger partial charge in [0.15, 0.2) is 5.65 Å². The number of rotatable bonds is 5. The van der Waals surface area contributed by atoms with E-state index in [1.165, 1.54) is 27.4 Å². The molecule has 0 radical (unpaired) electrons. The molecule has 0 saturated carbocycles. The number of thiazole rings is 1. The van der Waals surface area contributed by atoms with Crippen molar-refractivity contribution in [2.45, 2.75) is 25.4 Å². The van der Waals surface area contributed by atoms with E-state index in [1.54, 1.807) is 18.5 Å². The Morgan fingerprint density at radius 2 is 1.97 bits per heavy atom. The first kappa shape index (κ1) is 19.8. The number of benzene rings is 2. The molecule has 0 unspecified atom stereocenters. The summed E-state index contributed by atoms with van der Waals surface area (Å²) in [5.74, 6) is 0.601. The summed E-state index contributed by atoms with van der Waals surface area (Å²) in [5.41, 5.74) is 4.57. The summed E-state index contributed by atoms with van der Waals surface area (Å²) < 4.78 is 12.6. The maximum Gasteiger partial charge on any atom is 0.407 e. The van der Waals surface area contributed by atoms with Crippen LogP contribution in [0.25, 0.3) is 21.3 Å². The van der Waals surface area contributed by atoms with E-state index >= 15 is 0 Å². The van der Waals surface area contributed by atoms with Crippen molar-refractivity contribution in [3.8, 4) is 10.9 Å². The number of furan rings is 1. The molecule has 1 aliphatic rings. The number of pyridine rings is 1. The summed E-state index contributed by atoms with van der Waals surface area (Å²) in [5, 5.41) is 11.3. The zero-order valence-electron chi connectivity index (χ0n) is 17.5. The van der Waals surface area contributed by atoms with Crippen LogP contribution in [0, 0.1) is 0 Å². The molecule has 0 bridgehead atoms. The molecule has 7 nitrogen and oxygen atoms in total. The van der Waals surface area contributed by atoms with Gasteiger partial charge in [-0.1, -0.05) is 35.6 Å². The average molecular weight is 458 g/mol. The Bertz CT molecular complexity index is 1430. The molecular formula is C25H19N3O4S. The van der Waals surface area contributed by atoms with Crippen LogP contribution in [0.5, 0.6) is 10.9 Å². The van der Waals surface area contributed by atoms with Gasteiger partial charge in [-0.3, -0.25) is 0 Å². The lowest BCUT2D eigenvalue weighted by molar-refractivity contribution is 0.122. The van der Waals surface area contributed by atoms with Gasteiger partial charge in [0.2, 0.25) is 0 Å². The minimum Gasteiger partial charge on any atom is -0.465 e. The van der Waals surface area contributed by atoms with Crippen LogP contribution in [0.15, 0.2) is 71.5 Å². The third-order valence-electron chi connectivity index (χ3n) is 6.03. The van der Waals surface area contributed by atoms with Crippen molar-refractivity contribution in [3.63, 3.8) is 0 Å². The fourth-order valence-corrected chi connectivity index (χ4v) is 5.23. The smallest absolute Gasteiger partial charge is 0.407 e. The number of aromatic nitrogens is 2. The third-order valence-corrected chi connectivity index (χ3v) is 6.92. The summed E-state index contributed by atoms with van der Waals surface area (Å²) >= 11 is 1.42. The fraction of sp³-hybridized carbons (Fsp3) is 0.160. The molecule has 5 aromatic rings. The van der Waals surface area contributed by atoms with Gasteiger partial charge in [-0.15, -0.1) is 0 Å². The van der Waals surface area contributed by atoms with E-state index in [0.717, 1.165) is 28.5 Å². The summed E-state index contributed by atoms with van der Waals surface area (Å²) in [7, 11) is 0. The van der Waals surface area contributed by atoms with E-state index in [2.05, 4.69) is 22.1 Å². The predicted molar refractivity (Wildman–Crippen MR) is 125 cm³/mol. The number of amides is 1. The molecule has 1 N–H and O–H groups in total. The topological polar surface area (TPSA) is 88.7 Å². The van der Waals surface area contributed by atoms with Crippen LogP contribution < -0.4 is 4.74 Å². The minimum atomic E-state index is -0.924. The molecule has 0 atom stereocenters. The van der Waals surface area contributed by atoms with Crippen LogP contribution in [0.2, 0.25) is 0 Å². The zero-order valence-corrected chi connectivity index (χ0v) is 18.3. The van der Waals surface area contributed by atoms with Crippen molar-refractivity contribution in [2.24, 2.45) is 0 Å². The number of fused-ring (bicyclic) bond motifs is 3. The highest BCUT2D eigenvalue weighted by molar-refractivity contribution is 7.20. The normalized spacial score (nSPS) is 13.5. The van der Waals surface area contributed by atoms with Gasteiger partial charge < -0.3 is 19.2 Å². The van der Waals surface area contributed by atoms with Crippen molar-refractivity contribution in [3.05, 3.63) is 83.7 Å². The van der Waals surface area contributed by atoms with Gasteiger partial charge in [0.25, 0.3) is 5.19 Å². The molecule has 0 saturated heterocycles. The summed E-state index contributed by atoms with van der Waals surface area (Å²) in [6.07, 6.45) is 3.87. The van der Waals surface area contributed by atoms with Crippen LogP contribution >= 0.6 is 11.3 Å². The number of hydrogen-bond donors (Lipinski definition) is 1. The molecule has 33 heavy (non-hydrogen) atoms. The molecule has 0 aliphatic heterocycles. The lowest BCUT2D eigenvalue weighted by atomic mass is 10.1. The van der Waals surface area contributed by atoms with Crippen molar-refractivity contribution >= 4 is 38.7 Å². The van der Waals surface area contributed by atoms with E-state index in [1.807, 2.05) is 36.4 Å². The molecular weight excluding hydrogens is 438 g/mol. The lowest BCUT2D eigenvalue weighted by Gasteiger charge is -2.25. The van der Waals surface area contributed by atoms with Gasteiger partial charge in [-0.05, 0) is 48.2 Å². The summed E-state index contributed by atoms with van der Waals surface area (Å²) in [4.78, 5) is 22.2. The van der Waals surface area contributed by atoms with Crippen LogP contribution in [-0.4, -0.2) is 32.1 Å². The van der Waals surface area contributed by atoms with E-state index < -0.39 is 6.09 Å². The molecule has 3 heterocycles. The molecule has 1 amide bonds. The molecule has 6 rings (SSSR count). The van der Waals surface area contributed by atoms with Crippen LogP contribution in [0.4, 0.5) is 4.79 Å². The molecule has 2 aromatic carbocycles. The Morgan fingerprint density at radius 3 is 2.73 bits per heavy atom. The van der Waals surface area contributed by atoms with E-state index in [4.69, 9.17) is 9.15 Å². The van der Waals surface area contributed by atoms with Crippen molar-refractivity contribution in [2.75, 3.05) is 0 Å². The molecule has 0 spiro atoms. The number of ether oxygens (including phenoxy) is 1. The average Bonchev–Trinajstić information content (AvgIpc) is 3.52. The third kappa shape index (κ3) is 3.68. The Morgan fingerprint density at radius 1 is 1.15 bits per heavy atom. The Labute approximate surface area is 192 Å². The summed E-state index contributed by atoms with van der Waals surface area (Å²) in [6.45, 7) is 0.269. The van der Waals surface area contributed by atoms with Crippen molar-refractivity contribution in [1.82, 2.24) is 14.9 Å². The van der Waals surface area contributed by atoms with Crippen LogP contribution in [-0.2, 0) is 19.4 Å². The van der Waals surface area contributed by atoms with E-state index in [9.17, 15) is 9.90 Å².